The Bertz CT molecular complexity index is 1210. The van der Waals surface area contributed by atoms with E-state index >= 15 is 0 Å². The second kappa shape index (κ2) is 8.69. The summed E-state index contributed by atoms with van der Waals surface area (Å²) in [7, 11) is -3.12. The van der Waals surface area contributed by atoms with E-state index in [1.165, 1.54) is 44.6 Å². The molecule has 1 aromatic heterocycles. The van der Waals surface area contributed by atoms with Crippen LogP contribution in [0.5, 0.6) is 11.8 Å². The summed E-state index contributed by atoms with van der Waals surface area (Å²) in [6.45, 7) is 0. The van der Waals surface area contributed by atoms with E-state index in [0.717, 1.165) is 19.3 Å². The number of methoxy groups -OCH3 is 1. The molecule has 1 heterocycles. The third-order valence-corrected chi connectivity index (χ3v) is 8.21. The van der Waals surface area contributed by atoms with Gasteiger partial charge in [-0.1, -0.05) is 23.2 Å². The molecule has 4 aliphatic carbocycles. The Morgan fingerprint density at radius 1 is 1.06 bits per heavy atom. The van der Waals surface area contributed by atoms with Crippen LogP contribution in [0.4, 0.5) is 10.7 Å². The second-order valence-electron chi connectivity index (χ2n) is 9.34. The largest absolute Gasteiger partial charge is 0.467 e. The predicted molar refractivity (Wildman–Crippen MR) is 124 cm³/mol. The fourth-order valence-corrected chi connectivity index (χ4v) is 7.24. The minimum atomic E-state index is -4.54. The molecule has 10 nitrogen and oxygen atoms in total. The number of amides is 2. The van der Waals surface area contributed by atoms with Crippen LogP contribution in [0.1, 0.15) is 44.3 Å². The maximum absolute atomic E-state index is 12.4. The molecule has 0 spiro atoms. The van der Waals surface area contributed by atoms with Crippen molar-refractivity contribution in [1.29, 1.82) is 0 Å². The molecule has 0 atom stereocenters. The van der Waals surface area contributed by atoms with Crippen molar-refractivity contribution in [3.63, 3.8) is 0 Å². The van der Waals surface area contributed by atoms with Crippen molar-refractivity contribution in [3.05, 3.63) is 34.1 Å². The Kier molecular flexibility index (Phi) is 5.97. The van der Waals surface area contributed by atoms with E-state index in [0.29, 0.717) is 28.6 Å². The summed E-state index contributed by atoms with van der Waals surface area (Å²) in [6.07, 6.45) is 6.77. The van der Waals surface area contributed by atoms with Crippen LogP contribution in [-0.2, 0) is 15.7 Å². The molecule has 34 heavy (non-hydrogen) atoms. The van der Waals surface area contributed by atoms with Gasteiger partial charge in [0, 0.05) is 10.4 Å². The summed E-state index contributed by atoms with van der Waals surface area (Å²) < 4.78 is 36.4. The third-order valence-electron chi connectivity index (χ3n) is 6.85. The molecule has 6 rings (SSSR count). The second-order valence-corrected chi connectivity index (χ2v) is 11.5. The number of nitrogens with one attached hydrogen (secondary N) is 2. The number of halogens is 2. The van der Waals surface area contributed by atoms with Gasteiger partial charge in [0.05, 0.1) is 12.1 Å². The summed E-state index contributed by atoms with van der Waals surface area (Å²) in [5.41, 5.74) is -0.168. The normalized spacial score (nSPS) is 27.3. The van der Waals surface area contributed by atoms with Gasteiger partial charge in [-0.05, 0) is 74.5 Å². The van der Waals surface area contributed by atoms with Gasteiger partial charge in [0.25, 0.3) is 0 Å². The molecule has 2 aromatic rings. The Morgan fingerprint density at radius 3 is 2.29 bits per heavy atom. The number of anilines is 1. The highest BCUT2D eigenvalue weighted by Crippen LogP contribution is 2.60. The van der Waals surface area contributed by atoms with Crippen molar-refractivity contribution in [2.24, 2.45) is 17.8 Å². The Labute approximate surface area is 207 Å². The number of nitrogens with zero attached hydrogens (tertiary/aromatic N) is 3. The fourth-order valence-electron chi connectivity index (χ4n) is 6.05. The third kappa shape index (κ3) is 4.73. The molecule has 0 saturated heterocycles. The van der Waals surface area contributed by atoms with Gasteiger partial charge in [0.15, 0.2) is 5.75 Å². The highest BCUT2D eigenvalue weighted by atomic mass is 35.5. The number of carbonyl (C=O) groups is 1. The van der Waals surface area contributed by atoms with Gasteiger partial charge in [-0.3, -0.25) is 5.32 Å². The number of ether oxygens (including phenoxy) is 1. The summed E-state index contributed by atoms with van der Waals surface area (Å²) in [5.74, 6) is 2.29. The molecule has 0 radical (unpaired) electrons. The zero-order chi connectivity index (χ0) is 24.1. The van der Waals surface area contributed by atoms with Crippen LogP contribution in [0, 0.1) is 17.8 Å². The minimum absolute atomic E-state index is 0.0271. The number of hydrogen-bond donors (Lipinski definition) is 2. The molecule has 4 fully saturated rings. The lowest BCUT2D eigenvalue weighted by atomic mass is 9.49. The number of carbonyl (C=O) groups excluding carboxylic acids is 1. The fraction of sp³-hybridized carbons (Fsp3) is 0.524. The maximum Gasteiger partial charge on any atom is 0.411 e. The predicted octanol–water partition coefficient (Wildman–Crippen LogP) is 4.10. The van der Waals surface area contributed by atoms with Gasteiger partial charge < -0.3 is 8.92 Å². The van der Waals surface area contributed by atoms with Gasteiger partial charge >= 0.3 is 22.3 Å². The van der Waals surface area contributed by atoms with Crippen LogP contribution in [0.15, 0.2) is 18.2 Å². The van der Waals surface area contributed by atoms with Gasteiger partial charge in [-0.2, -0.15) is 23.4 Å². The quantitative estimate of drug-likeness (QED) is 0.573. The first-order valence-corrected chi connectivity index (χ1v) is 13.1. The van der Waals surface area contributed by atoms with Gasteiger partial charge in [-0.15, -0.1) is 0 Å². The number of aromatic nitrogens is 3. The van der Waals surface area contributed by atoms with E-state index in [4.69, 9.17) is 32.1 Å². The van der Waals surface area contributed by atoms with Crippen molar-refractivity contribution in [3.8, 4) is 11.8 Å². The van der Waals surface area contributed by atoms with E-state index in [1.54, 1.807) is 4.72 Å². The molecule has 2 N–H and O–H groups in total. The monoisotopic (exact) mass is 527 g/mol. The van der Waals surface area contributed by atoms with Crippen molar-refractivity contribution in [2.75, 3.05) is 12.4 Å². The highest BCUT2D eigenvalue weighted by molar-refractivity contribution is 7.85. The number of hydrogen-bond acceptors (Lipinski definition) is 8. The van der Waals surface area contributed by atoms with E-state index in [-0.39, 0.29) is 28.1 Å². The maximum atomic E-state index is 12.4. The summed E-state index contributed by atoms with van der Waals surface area (Å²) in [4.78, 5) is 25.5. The van der Waals surface area contributed by atoms with E-state index in [1.807, 2.05) is 0 Å². The molecule has 0 unspecified atom stereocenters. The Balaban J connectivity index is 1.33. The minimum Gasteiger partial charge on any atom is -0.467 e. The van der Waals surface area contributed by atoms with Crippen LogP contribution in [0.25, 0.3) is 0 Å². The molecular formula is C21H23Cl2N5O5S. The summed E-state index contributed by atoms with van der Waals surface area (Å²) in [6, 6.07) is 2.95. The topological polar surface area (TPSA) is 132 Å². The number of rotatable bonds is 6. The molecule has 13 heteroatoms. The molecule has 4 bridgehead atoms. The SMILES string of the molecule is COc1nc(NC(=O)NS(=O)(=O)Oc2ccc(Cl)cc2Cl)nc(C23CC4CC(CC(C4)C2)C3)n1. The van der Waals surface area contributed by atoms with Crippen molar-refractivity contribution >= 4 is 45.5 Å². The molecule has 182 valence electrons. The first-order valence-electron chi connectivity index (χ1n) is 10.9. The van der Waals surface area contributed by atoms with E-state index < -0.39 is 16.3 Å². The first kappa shape index (κ1) is 23.4. The van der Waals surface area contributed by atoms with E-state index in [2.05, 4.69) is 20.3 Å². The van der Waals surface area contributed by atoms with Gasteiger partial charge in [0.2, 0.25) is 5.95 Å². The highest BCUT2D eigenvalue weighted by Gasteiger charge is 2.53. The molecule has 1 aromatic carbocycles. The number of urea groups is 1. The van der Waals surface area contributed by atoms with E-state index in [9.17, 15) is 13.2 Å². The average molecular weight is 528 g/mol. The van der Waals surface area contributed by atoms with Crippen molar-refractivity contribution < 1.29 is 22.1 Å². The Morgan fingerprint density at radius 2 is 1.71 bits per heavy atom. The lowest BCUT2D eigenvalue weighted by Crippen LogP contribution is -2.49. The van der Waals surface area contributed by atoms with Crippen LogP contribution in [-0.4, -0.2) is 36.5 Å². The Hall–Kier alpha value is -2.37. The van der Waals surface area contributed by atoms with Gasteiger partial charge in [0.1, 0.15) is 5.82 Å². The summed E-state index contributed by atoms with van der Waals surface area (Å²) in [5, 5.41) is 2.63. The molecule has 4 saturated carbocycles. The van der Waals surface area contributed by atoms with Crippen molar-refractivity contribution in [1.82, 2.24) is 19.7 Å². The van der Waals surface area contributed by atoms with Crippen LogP contribution < -0.4 is 19.0 Å². The zero-order valence-electron chi connectivity index (χ0n) is 18.3. The van der Waals surface area contributed by atoms with Gasteiger partial charge in [-0.25, -0.2) is 9.52 Å². The lowest BCUT2D eigenvalue weighted by Gasteiger charge is -2.55. The molecular weight excluding hydrogens is 505 g/mol. The lowest BCUT2D eigenvalue weighted by molar-refractivity contribution is -0.00970. The smallest absolute Gasteiger partial charge is 0.411 e. The molecule has 2 amide bonds. The van der Waals surface area contributed by atoms with Crippen molar-refractivity contribution in [2.45, 2.75) is 43.9 Å². The van der Waals surface area contributed by atoms with Crippen LogP contribution in [0.3, 0.4) is 0 Å². The standard InChI is InChI=1S/C21H23Cl2N5O5S/c1-32-20-25-17(21-8-11-4-12(9-21)6-13(5-11)10-21)24-18(27-20)26-19(29)28-34(30,31)33-16-3-2-14(22)7-15(16)23/h2-3,7,11-13H,4-6,8-10H2,1H3,(H2,24,25,26,27,28,29). The first-order chi connectivity index (χ1) is 16.1. The van der Waals surface area contributed by atoms with Crippen LogP contribution >= 0.6 is 23.2 Å². The number of benzene rings is 1. The zero-order valence-corrected chi connectivity index (χ0v) is 20.6. The average Bonchev–Trinajstić information content (AvgIpc) is 2.74. The molecule has 0 aliphatic heterocycles. The van der Waals surface area contributed by atoms with Crippen LogP contribution in [0.2, 0.25) is 10.0 Å². The molecule has 4 aliphatic rings. The summed E-state index contributed by atoms with van der Waals surface area (Å²) >= 11 is 11.7.